The predicted molar refractivity (Wildman–Crippen MR) is 81.5 cm³/mol. The summed E-state index contributed by atoms with van der Waals surface area (Å²) in [4.78, 5) is 0.734. The van der Waals surface area contributed by atoms with Gasteiger partial charge in [-0.1, -0.05) is 26.0 Å². The van der Waals surface area contributed by atoms with Gasteiger partial charge in [-0.05, 0) is 47.4 Å². The van der Waals surface area contributed by atoms with Crippen molar-refractivity contribution in [3.05, 3.63) is 59.4 Å². The maximum atomic E-state index is 13.2. The highest BCUT2D eigenvalue weighted by atomic mass is 32.2. The van der Waals surface area contributed by atoms with Gasteiger partial charge in [0, 0.05) is 10.6 Å². The molecule has 2 N–H and O–H groups in total. The summed E-state index contributed by atoms with van der Waals surface area (Å²) in [6.45, 7) is 4.22. The lowest BCUT2D eigenvalue weighted by molar-refractivity contribution is 0.626. The Labute approximate surface area is 121 Å². The van der Waals surface area contributed by atoms with E-state index in [2.05, 4.69) is 13.8 Å². The third-order valence-corrected chi connectivity index (χ3v) is 4.57. The fourth-order valence-electron chi connectivity index (χ4n) is 1.93. The number of anilines is 1. The van der Waals surface area contributed by atoms with Crippen molar-refractivity contribution in [1.29, 1.82) is 0 Å². The van der Waals surface area contributed by atoms with Gasteiger partial charge in [0.25, 0.3) is 0 Å². The number of benzene rings is 2. The van der Waals surface area contributed by atoms with Gasteiger partial charge in [-0.2, -0.15) is 0 Å². The van der Waals surface area contributed by atoms with Gasteiger partial charge in [0.15, 0.2) is 0 Å². The maximum Gasteiger partial charge on any atom is 0.123 e. The van der Waals surface area contributed by atoms with Crippen LogP contribution in [0.5, 0.6) is 0 Å². The average molecular weight is 291 g/mol. The number of nitrogen functional groups attached to an aromatic ring is 1. The van der Waals surface area contributed by atoms with E-state index in [9.17, 15) is 8.60 Å². The molecule has 1 unspecified atom stereocenters. The minimum absolute atomic E-state index is 0.227. The summed E-state index contributed by atoms with van der Waals surface area (Å²) in [5.41, 5.74) is 8.03. The van der Waals surface area contributed by atoms with Crippen LogP contribution < -0.4 is 5.73 Å². The van der Waals surface area contributed by atoms with Crippen LogP contribution in [0.1, 0.15) is 30.9 Å². The molecule has 0 amide bonds. The van der Waals surface area contributed by atoms with E-state index in [4.69, 9.17) is 5.73 Å². The zero-order valence-electron chi connectivity index (χ0n) is 11.6. The molecule has 106 valence electrons. The molecule has 0 aromatic heterocycles. The topological polar surface area (TPSA) is 43.1 Å². The summed E-state index contributed by atoms with van der Waals surface area (Å²) in [6, 6.07) is 11.8. The van der Waals surface area contributed by atoms with E-state index in [1.54, 1.807) is 0 Å². The summed E-state index contributed by atoms with van der Waals surface area (Å²) < 4.78 is 25.5. The summed E-state index contributed by atoms with van der Waals surface area (Å²) in [5.74, 6) is 0.308. The van der Waals surface area contributed by atoms with E-state index in [0.29, 0.717) is 17.2 Å². The SMILES string of the molecule is CC(C)c1ccc(S(=O)Cc2cc(F)ccc2N)cc1. The highest BCUT2D eigenvalue weighted by molar-refractivity contribution is 7.84. The number of rotatable bonds is 4. The summed E-state index contributed by atoms with van der Waals surface area (Å²) in [7, 11) is -1.22. The Bertz CT molecular complexity index is 623. The first-order valence-electron chi connectivity index (χ1n) is 6.49. The monoisotopic (exact) mass is 291 g/mol. The van der Waals surface area contributed by atoms with E-state index in [0.717, 1.165) is 4.90 Å². The van der Waals surface area contributed by atoms with Crippen LogP contribution in [-0.2, 0) is 16.6 Å². The molecule has 1 atom stereocenters. The van der Waals surface area contributed by atoms with Crippen LogP contribution in [-0.4, -0.2) is 4.21 Å². The molecule has 0 aliphatic carbocycles. The maximum absolute atomic E-state index is 13.2. The molecule has 0 bridgehead atoms. The van der Waals surface area contributed by atoms with Crippen LogP contribution in [0, 0.1) is 5.82 Å². The molecule has 2 rings (SSSR count). The first-order valence-corrected chi connectivity index (χ1v) is 7.81. The van der Waals surface area contributed by atoms with Gasteiger partial charge in [0.1, 0.15) is 5.82 Å². The van der Waals surface area contributed by atoms with E-state index < -0.39 is 10.8 Å². The van der Waals surface area contributed by atoms with Gasteiger partial charge in [-0.25, -0.2) is 4.39 Å². The van der Waals surface area contributed by atoms with Crippen LogP contribution in [0.3, 0.4) is 0 Å². The quantitative estimate of drug-likeness (QED) is 0.870. The molecule has 2 aromatic rings. The fraction of sp³-hybridized carbons (Fsp3) is 0.250. The lowest BCUT2D eigenvalue weighted by atomic mass is 10.0. The Morgan fingerprint density at radius 3 is 2.40 bits per heavy atom. The highest BCUT2D eigenvalue weighted by Crippen LogP contribution is 2.21. The number of nitrogens with two attached hydrogens (primary N) is 1. The Morgan fingerprint density at radius 1 is 1.15 bits per heavy atom. The number of hydrogen-bond donors (Lipinski definition) is 1. The van der Waals surface area contributed by atoms with E-state index in [1.807, 2.05) is 24.3 Å². The minimum Gasteiger partial charge on any atom is -0.398 e. The van der Waals surface area contributed by atoms with Crippen molar-refractivity contribution in [3.63, 3.8) is 0 Å². The van der Waals surface area contributed by atoms with E-state index in [1.165, 1.54) is 23.8 Å². The number of halogens is 1. The zero-order valence-corrected chi connectivity index (χ0v) is 12.4. The summed E-state index contributed by atoms with van der Waals surface area (Å²) in [5, 5.41) is 0. The van der Waals surface area contributed by atoms with Crippen molar-refractivity contribution in [2.24, 2.45) is 0 Å². The Kier molecular flexibility index (Phi) is 4.55. The molecule has 0 saturated heterocycles. The first kappa shape index (κ1) is 14.7. The normalized spacial score (nSPS) is 12.6. The van der Waals surface area contributed by atoms with Crippen molar-refractivity contribution in [2.75, 3.05) is 5.73 Å². The van der Waals surface area contributed by atoms with Crippen LogP contribution >= 0.6 is 0 Å². The predicted octanol–water partition coefficient (Wildman–Crippen LogP) is 3.84. The largest absolute Gasteiger partial charge is 0.398 e. The van der Waals surface area contributed by atoms with Crippen LogP contribution in [0.4, 0.5) is 10.1 Å². The van der Waals surface area contributed by atoms with Crippen molar-refractivity contribution in [1.82, 2.24) is 0 Å². The van der Waals surface area contributed by atoms with Crippen LogP contribution in [0.15, 0.2) is 47.4 Å². The second kappa shape index (κ2) is 6.18. The minimum atomic E-state index is -1.22. The Morgan fingerprint density at radius 2 is 1.80 bits per heavy atom. The molecule has 0 aliphatic rings. The van der Waals surface area contributed by atoms with Gasteiger partial charge >= 0.3 is 0 Å². The molecule has 0 heterocycles. The Balaban J connectivity index is 2.17. The van der Waals surface area contributed by atoms with E-state index in [-0.39, 0.29) is 11.6 Å². The smallest absolute Gasteiger partial charge is 0.123 e. The van der Waals surface area contributed by atoms with E-state index >= 15 is 0 Å². The molecule has 0 fully saturated rings. The second-order valence-electron chi connectivity index (χ2n) is 5.06. The van der Waals surface area contributed by atoms with Gasteiger partial charge in [0.05, 0.1) is 16.6 Å². The van der Waals surface area contributed by atoms with Gasteiger partial charge in [-0.15, -0.1) is 0 Å². The molecule has 0 saturated carbocycles. The molecule has 0 spiro atoms. The number of hydrogen-bond acceptors (Lipinski definition) is 2. The van der Waals surface area contributed by atoms with Crippen LogP contribution in [0.25, 0.3) is 0 Å². The molecule has 0 aliphatic heterocycles. The van der Waals surface area contributed by atoms with Crippen molar-refractivity contribution in [2.45, 2.75) is 30.4 Å². The lowest BCUT2D eigenvalue weighted by Gasteiger charge is -2.08. The van der Waals surface area contributed by atoms with Crippen LogP contribution in [0.2, 0.25) is 0 Å². The molecule has 2 nitrogen and oxygen atoms in total. The molecular weight excluding hydrogens is 273 g/mol. The van der Waals surface area contributed by atoms with Gasteiger partial charge in [0.2, 0.25) is 0 Å². The molecule has 4 heteroatoms. The molecule has 20 heavy (non-hydrogen) atoms. The van der Waals surface area contributed by atoms with Crippen molar-refractivity contribution < 1.29 is 8.60 Å². The van der Waals surface area contributed by atoms with Crippen molar-refractivity contribution >= 4 is 16.5 Å². The highest BCUT2D eigenvalue weighted by Gasteiger charge is 2.09. The summed E-state index contributed by atoms with van der Waals surface area (Å²) in [6.07, 6.45) is 0. The standard InChI is InChI=1S/C16H18FNOS/c1-11(2)12-3-6-15(7-4-12)20(19)10-13-9-14(17)5-8-16(13)18/h3-9,11H,10,18H2,1-2H3. The summed E-state index contributed by atoms with van der Waals surface area (Å²) >= 11 is 0. The Hall–Kier alpha value is -1.68. The molecule has 0 radical (unpaired) electrons. The van der Waals surface area contributed by atoms with Crippen molar-refractivity contribution in [3.8, 4) is 0 Å². The molecular formula is C16H18FNOS. The zero-order chi connectivity index (χ0) is 14.7. The molecule has 2 aromatic carbocycles. The third kappa shape index (κ3) is 3.45. The van der Waals surface area contributed by atoms with Gasteiger partial charge in [-0.3, -0.25) is 4.21 Å². The first-order chi connectivity index (χ1) is 9.47. The van der Waals surface area contributed by atoms with Gasteiger partial charge < -0.3 is 5.73 Å². The average Bonchev–Trinajstić information content (AvgIpc) is 2.43. The fourth-order valence-corrected chi connectivity index (χ4v) is 3.07. The second-order valence-corrected chi connectivity index (χ2v) is 6.51. The lowest BCUT2D eigenvalue weighted by Crippen LogP contribution is -2.01. The third-order valence-electron chi connectivity index (χ3n) is 3.20.